The summed E-state index contributed by atoms with van der Waals surface area (Å²) in [6, 6.07) is 19.8. The zero-order valence-electron chi connectivity index (χ0n) is 18.9. The number of anilines is 2. The van der Waals surface area contributed by atoms with E-state index >= 15 is 0 Å². The molecule has 0 saturated heterocycles. The minimum Gasteiger partial charge on any atom is -0.332 e. The van der Waals surface area contributed by atoms with Gasteiger partial charge in [-0.15, -0.1) is 0 Å². The van der Waals surface area contributed by atoms with Crippen LogP contribution in [0.4, 0.5) is 17.1 Å². The maximum absolute atomic E-state index is 12.5. The maximum atomic E-state index is 12.5. The van der Waals surface area contributed by atoms with Gasteiger partial charge in [0.1, 0.15) is 5.56 Å². The van der Waals surface area contributed by atoms with Crippen molar-refractivity contribution in [2.24, 2.45) is 0 Å². The average molecular weight is 477 g/mol. The molecule has 0 unspecified atom stereocenters. The van der Waals surface area contributed by atoms with Crippen molar-refractivity contribution in [1.82, 2.24) is 5.32 Å². The van der Waals surface area contributed by atoms with Crippen molar-refractivity contribution >= 4 is 46.2 Å². The molecular formula is C25H24N4O4S. The average Bonchev–Trinajstić information content (AvgIpc) is 2.79. The van der Waals surface area contributed by atoms with Gasteiger partial charge in [0, 0.05) is 23.0 Å². The van der Waals surface area contributed by atoms with E-state index in [1.165, 1.54) is 24.3 Å². The molecule has 0 spiro atoms. The normalized spacial score (nSPS) is 10.8. The number of hydrogen-bond acceptors (Lipinski definition) is 5. The second kappa shape index (κ2) is 10.2. The highest BCUT2D eigenvalue weighted by molar-refractivity contribution is 7.80. The summed E-state index contributed by atoms with van der Waals surface area (Å²) < 4.78 is 0. The lowest BCUT2D eigenvalue weighted by atomic mass is 9.87. The molecule has 174 valence electrons. The number of nitro groups is 1. The quantitative estimate of drug-likeness (QED) is 0.263. The molecule has 3 aromatic rings. The van der Waals surface area contributed by atoms with Crippen LogP contribution >= 0.6 is 12.2 Å². The van der Waals surface area contributed by atoms with E-state index < -0.39 is 10.8 Å². The van der Waals surface area contributed by atoms with Crippen LogP contribution in [0, 0.1) is 10.1 Å². The summed E-state index contributed by atoms with van der Waals surface area (Å²) in [5.41, 5.74) is 2.46. The zero-order chi connectivity index (χ0) is 24.9. The van der Waals surface area contributed by atoms with Gasteiger partial charge in [-0.3, -0.25) is 25.0 Å². The Bertz CT molecular complexity index is 1230. The fourth-order valence-corrected chi connectivity index (χ4v) is 3.33. The molecule has 3 N–H and O–H groups in total. The molecule has 0 atom stereocenters. The van der Waals surface area contributed by atoms with Gasteiger partial charge in [-0.05, 0) is 65.7 Å². The van der Waals surface area contributed by atoms with E-state index in [1.807, 2.05) is 12.1 Å². The van der Waals surface area contributed by atoms with Gasteiger partial charge in [0.05, 0.1) is 4.92 Å². The van der Waals surface area contributed by atoms with Crippen molar-refractivity contribution in [3.8, 4) is 0 Å². The molecule has 0 heterocycles. The minimum atomic E-state index is -0.689. The van der Waals surface area contributed by atoms with Crippen LogP contribution in [0.5, 0.6) is 0 Å². The fraction of sp³-hybridized carbons (Fsp3) is 0.160. The highest BCUT2D eigenvalue weighted by atomic mass is 32.1. The van der Waals surface area contributed by atoms with Crippen LogP contribution in [0.3, 0.4) is 0 Å². The van der Waals surface area contributed by atoms with Crippen molar-refractivity contribution in [3.63, 3.8) is 0 Å². The lowest BCUT2D eigenvalue weighted by Gasteiger charge is -2.19. The second-order valence-electron chi connectivity index (χ2n) is 8.54. The van der Waals surface area contributed by atoms with Gasteiger partial charge in [0.2, 0.25) is 0 Å². The summed E-state index contributed by atoms with van der Waals surface area (Å²) in [7, 11) is 0. The third-order valence-electron chi connectivity index (χ3n) is 4.99. The van der Waals surface area contributed by atoms with Crippen LogP contribution in [0.2, 0.25) is 0 Å². The van der Waals surface area contributed by atoms with E-state index in [0.717, 1.165) is 5.56 Å². The lowest BCUT2D eigenvalue weighted by molar-refractivity contribution is -0.385. The van der Waals surface area contributed by atoms with Crippen LogP contribution in [-0.4, -0.2) is 21.9 Å². The Morgan fingerprint density at radius 3 is 1.94 bits per heavy atom. The molecule has 0 aliphatic carbocycles. The standard InChI is InChI=1S/C25H24N4O4S/c1-25(2,3)17-10-8-16(9-11-17)22(30)26-18-12-14-19(15-13-18)27-24(34)28-23(31)20-6-4-5-7-21(20)29(32)33/h4-15H,1-3H3,(H,26,30)(H2,27,28,31,34). The zero-order valence-corrected chi connectivity index (χ0v) is 19.7. The van der Waals surface area contributed by atoms with Crippen LogP contribution in [0.25, 0.3) is 0 Å². The predicted octanol–water partition coefficient (Wildman–Crippen LogP) is 5.27. The number of nitrogens with one attached hydrogen (secondary N) is 3. The fourth-order valence-electron chi connectivity index (χ4n) is 3.12. The first-order chi connectivity index (χ1) is 16.0. The third-order valence-corrected chi connectivity index (χ3v) is 5.19. The number of carbonyl (C=O) groups is 2. The molecule has 3 aromatic carbocycles. The number of amides is 2. The SMILES string of the molecule is CC(C)(C)c1ccc(C(=O)Nc2ccc(NC(=S)NC(=O)c3ccccc3[N+](=O)[O-])cc2)cc1. The molecule has 3 rings (SSSR count). The van der Waals surface area contributed by atoms with E-state index in [-0.39, 0.29) is 27.7 Å². The first-order valence-electron chi connectivity index (χ1n) is 10.4. The summed E-state index contributed by atoms with van der Waals surface area (Å²) in [4.78, 5) is 35.4. The lowest BCUT2D eigenvalue weighted by Crippen LogP contribution is -2.34. The molecular weight excluding hydrogens is 452 g/mol. The van der Waals surface area contributed by atoms with E-state index in [9.17, 15) is 19.7 Å². The molecule has 0 aromatic heterocycles. The Hall–Kier alpha value is -4.11. The van der Waals surface area contributed by atoms with Gasteiger partial charge in [0.25, 0.3) is 17.5 Å². The molecule has 0 saturated carbocycles. The van der Waals surface area contributed by atoms with Gasteiger partial charge in [-0.25, -0.2) is 0 Å². The van der Waals surface area contributed by atoms with Crippen molar-refractivity contribution < 1.29 is 14.5 Å². The van der Waals surface area contributed by atoms with Crippen LogP contribution in [-0.2, 0) is 5.41 Å². The molecule has 2 amide bonds. The van der Waals surface area contributed by atoms with E-state index in [2.05, 4.69) is 36.7 Å². The Balaban J connectivity index is 1.58. The van der Waals surface area contributed by atoms with Crippen LogP contribution in [0.15, 0.2) is 72.8 Å². The number of hydrogen-bond donors (Lipinski definition) is 3. The molecule has 9 heteroatoms. The Morgan fingerprint density at radius 1 is 0.824 bits per heavy atom. The van der Waals surface area contributed by atoms with Crippen LogP contribution < -0.4 is 16.0 Å². The topological polar surface area (TPSA) is 113 Å². The van der Waals surface area contributed by atoms with Crippen molar-refractivity contribution in [2.45, 2.75) is 26.2 Å². The Labute approximate surface area is 202 Å². The first-order valence-corrected chi connectivity index (χ1v) is 10.8. The highest BCUT2D eigenvalue weighted by Gasteiger charge is 2.20. The summed E-state index contributed by atoms with van der Waals surface area (Å²) in [5.74, 6) is -0.917. The molecule has 34 heavy (non-hydrogen) atoms. The molecule has 0 aliphatic rings. The largest absolute Gasteiger partial charge is 0.332 e. The van der Waals surface area contributed by atoms with Crippen molar-refractivity contribution in [2.75, 3.05) is 10.6 Å². The third kappa shape index (κ3) is 6.23. The number of carbonyl (C=O) groups excluding carboxylic acids is 2. The summed E-state index contributed by atoms with van der Waals surface area (Å²) in [6.07, 6.45) is 0. The second-order valence-corrected chi connectivity index (χ2v) is 8.95. The van der Waals surface area contributed by atoms with Gasteiger partial charge < -0.3 is 10.6 Å². The van der Waals surface area contributed by atoms with E-state index in [4.69, 9.17) is 12.2 Å². The Morgan fingerprint density at radius 2 is 1.38 bits per heavy atom. The van der Waals surface area contributed by atoms with E-state index in [0.29, 0.717) is 16.9 Å². The summed E-state index contributed by atoms with van der Waals surface area (Å²) >= 11 is 5.14. The summed E-state index contributed by atoms with van der Waals surface area (Å²) in [6.45, 7) is 6.33. The number of nitro benzene ring substituents is 1. The Kier molecular flexibility index (Phi) is 7.37. The molecule has 0 radical (unpaired) electrons. The summed E-state index contributed by atoms with van der Waals surface area (Å²) in [5, 5.41) is 19.2. The van der Waals surface area contributed by atoms with Gasteiger partial charge >= 0.3 is 0 Å². The molecule has 0 aliphatic heterocycles. The number of rotatable bonds is 5. The molecule has 0 fully saturated rings. The number of thiocarbonyl (C=S) groups is 1. The smallest absolute Gasteiger partial charge is 0.282 e. The monoisotopic (exact) mass is 476 g/mol. The number of benzene rings is 3. The maximum Gasteiger partial charge on any atom is 0.282 e. The van der Waals surface area contributed by atoms with Gasteiger partial charge in [0.15, 0.2) is 5.11 Å². The first kappa shape index (κ1) is 24.5. The highest BCUT2D eigenvalue weighted by Crippen LogP contribution is 2.23. The van der Waals surface area contributed by atoms with Crippen LogP contribution in [0.1, 0.15) is 47.1 Å². The minimum absolute atomic E-state index is 0.00764. The van der Waals surface area contributed by atoms with Gasteiger partial charge in [-0.2, -0.15) is 0 Å². The van der Waals surface area contributed by atoms with Crippen molar-refractivity contribution in [1.29, 1.82) is 0 Å². The van der Waals surface area contributed by atoms with E-state index in [1.54, 1.807) is 36.4 Å². The number of nitrogens with zero attached hydrogens (tertiary/aromatic N) is 1. The number of para-hydroxylation sites is 1. The van der Waals surface area contributed by atoms with Gasteiger partial charge in [-0.1, -0.05) is 45.0 Å². The predicted molar refractivity (Wildman–Crippen MR) is 136 cm³/mol. The van der Waals surface area contributed by atoms with Crippen molar-refractivity contribution in [3.05, 3.63) is 99.6 Å². The molecule has 8 nitrogen and oxygen atoms in total. The molecule has 0 bridgehead atoms.